The maximum Gasteiger partial charge on any atom is 0.231 e. The minimum atomic E-state index is 0.290. The molecule has 104 valence electrons. The van der Waals surface area contributed by atoms with Crippen molar-refractivity contribution < 1.29 is 14.2 Å². The fourth-order valence-electron chi connectivity index (χ4n) is 2.10. The average molecular weight is 336 g/mol. The summed E-state index contributed by atoms with van der Waals surface area (Å²) < 4.78 is 17.1. The van der Waals surface area contributed by atoms with E-state index in [9.17, 15) is 0 Å². The van der Waals surface area contributed by atoms with E-state index in [1.165, 1.54) is 0 Å². The maximum absolute atomic E-state index is 5.49. The first-order chi connectivity index (χ1) is 9.78. The molecule has 0 bridgehead atoms. The number of anilines is 1. The fraction of sp³-hybridized carbons (Fsp3) is 0.200. The van der Waals surface area contributed by atoms with Gasteiger partial charge in [0.15, 0.2) is 11.5 Å². The van der Waals surface area contributed by atoms with Crippen LogP contribution in [0, 0.1) is 0 Å². The lowest BCUT2D eigenvalue weighted by atomic mass is 10.2. The highest BCUT2D eigenvalue weighted by Crippen LogP contribution is 2.36. The lowest BCUT2D eigenvalue weighted by Crippen LogP contribution is -2.01. The highest BCUT2D eigenvalue weighted by molar-refractivity contribution is 9.10. The Kier molecular flexibility index (Phi) is 3.69. The number of halogens is 1. The Morgan fingerprint density at radius 3 is 3.00 bits per heavy atom. The maximum atomic E-state index is 5.49. The summed E-state index contributed by atoms with van der Waals surface area (Å²) >= 11 is 3.44. The Morgan fingerprint density at radius 1 is 1.25 bits per heavy atom. The number of fused-ring (bicyclic) bond motifs is 1. The molecule has 0 atom stereocenters. The highest BCUT2D eigenvalue weighted by atomic mass is 79.9. The fourth-order valence-corrected chi connectivity index (χ4v) is 2.51. The summed E-state index contributed by atoms with van der Waals surface area (Å²) in [5.74, 6) is 2.43. The number of rotatable bonds is 4. The van der Waals surface area contributed by atoms with Crippen molar-refractivity contribution in [3.63, 3.8) is 0 Å². The highest BCUT2D eigenvalue weighted by Gasteiger charge is 2.16. The molecule has 0 spiro atoms. The van der Waals surface area contributed by atoms with Crippen LogP contribution in [0.4, 0.5) is 5.69 Å². The van der Waals surface area contributed by atoms with Gasteiger partial charge in [-0.15, -0.1) is 0 Å². The Labute approximate surface area is 125 Å². The molecule has 5 heteroatoms. The third-order valence-corrected chi connectivity index (χ3v) is 3.77. The van der Waals surface area contributed by atoms with Crippen LogP contribution in [0.1, 0.15) is 5.56 Å². The van der Waals surface area contributed by atoms with E-state index in [1.807, 2.05) is 36.4 Å². The molecule has 3 rings (SSSR count). The summed E-state index contributed by atoms with van der Waals surface area (Å²) in [6.45, 7) is 0.954. The van der Waals surface area contributed by atoms with Crippen LogP contribution < -0.4 is 19.5 Å². The molecule has 0 saturated heterocycles. The Bertz CT molecular complexity index is 631. The summed E-state index contributed by atoms with van der Waals surface area (Å²) in [7, 11) is 1.65. The molecule has 20 heavy (non-hydrogen) atoms. The van der Waals surface area contributed by atoms with E-state index < -0.39 is 0 Å². The number of para-hydroxylation sites is 1. The van der Waals surface area contributed by atoms with Crippen molar-refractivity contribution in [2.45, 2.75) is 6.54 Å². The third kappa shape index (κ3) is 2.54. The van der Waals surface area contributed by atoms with E-state index in [0.29, 0.717) is 13.3 Å². The minimum Gasteiger partial charge on any atom is -0.495 e. The third-order valence-electron chi connectivity index (χ3n) is 3.11. The number of hydrogen-bond donors (Lipinski definition) is 1. The monoisotopic (exact) mass is 335 g/mol. The quantitative estimate of drug-likeness (QED) is 0.922. The number of benzene rings is 2. The molecule has 2 aromatic carbocycles. The second-order valence-corrected chi connectivity index (χ2v) is 5.21. The molecule has 0 aliphatic carbocycles. The van der Waals surface area contributed by atoms with E-state index in [0.717, 1.165) is 33.0 Å². The van der Waals surface area contributed by atoms with E-state index in [4.69, 9.17) is 14.2 Å². The zero-order valence-corrected chi connectivity index (χ0v) is 12.6. The van der Waals surface area contributed by atoms with Gasteiger partial charge in [0, 0.05) is 23.9 Å². The standard InChI is InChI=1S/C15H14BrNO3/c1-18-14-7-11(5-6-12(14)16)17-8-10-3-2-4-13-15(10)20-9-19-13/h2-7,17H,8-9H2,1H3. The van der Waals surface area contributed by atoms with E-state index in [2.05, 4.69) is 21.2 Å². The molecule has 1 heterocycles. The van der Waals surface area contributed by atoms with Crippen molar-refractivity contribution in [2.75, 3.05) is 19.2 Å². The SMILES string of the molecule is COc1cc(NCc2cccc3c2OCO3)ccc1Br. The first-order valence-corrected chi connectivity index (χ1v) is 7.02. The topological polar surface area (TPSA) is 39.7 Å². The van der Waals surface area contributed by atoms with Crippen LogP contribution in [-0.4, -0.2) is 13.9 Å². The molecule has 0 unspecified atom stereocenters. The van der Waals surface area contributed by atoms with E-state index in [1.54, 1.807) is 7.11 Å². The molecule has 0 radical (unpaired) electrons. The van der Waals surface area contributed by atoms with Crippen molar-refractivity contribution in [1.29, 1.82) is 0 Å². The lowest BCUT2D eigenvalue weighted by Gasteiger charge is -2.11. The molecule has 4 nitrogen and oxygen atoms in total. The van der Waals surface area contributed by atoms with Gasteiger partial charge in [0.2, 0.25) is 6.79 Å². The van der Waals surface area contributed by atoms with Crippen LogP contribution in [0.5, 0.6) is 17.2 Å². The van der Waals surface area contributed by atoms with Gasteiger partial charge in [-0.1, -0.05) is 12.1 Å². The minimum absolute atomic E-state index is 0.290. The number of ether oxygens (including phenoxy) is 3. The summed E-state index contributed by atoms with van der Waals surface area (Å²) in [6.07, 6.45) is 0. The number of hydrogen-bond acceptors (Lipinski definition) is 4. The van der Waals surface area contributed by atoms with E-state index >= 15 is 0 Å². The zero-order chi connectivity index (χ0) is 13.9. The summed E-state index contributed by atoms with van der Waals surface area (Å²) in [5, 5.41) is 3.36. The Hall–Kier alpha value is -1.88. The predicted octanol–water partition coefficient (Wildman–Crippen LogP) is 3.80. The molecular weight excluding hydrogens is 322 g/mol. The van der Waals surface area contributed by atoms with Gasteiger partial charge in [-0.3, -0.25) is 0 Å². The molecular formula is C15H14BrNO3. The van der Waals surface area contributed by atoms with Crippen molar-refractivity contribution >= 4 is 21.6 Å². The normalized spacial score (nSPS) is 12.3. The Morgan fingerprint density at radius 2 is 2.15 bits per heavy atom. The first-order valence-electron chi connectivity index (χ1n) is 6.23. The van der Waals surface area contributed by atoms with E-state index in [-0.39, 0.29) is 0 Å². The van der Waals surface area contributed by atoms with Crippen molar-refractivity contribution in [2.24, 2.45) is 0 Å². The molecule has 0 aromatic heterocycles. The van der Waals surface area contributed by atoms with Gasteiger partial charge in [0.1, 0.15) is 5.75 Å². The van der Waals surface area contributed by atoms with Crippen LogP contribution in [-0.2, 0) is 6.54 Å². The van der Waals surface area contributed by atoms with Crippen LogP contribution in [0.25, 0.3) is 0 Å². The zero-order valence-electron chi connectivity index (χ0n) is 11.0. The van der Waals surface area contributed by atoms with Crippen LogP contribution >= 0.6 is 15.9 Å². The van der Waals surface area contributed by atoms with Gasteiger partial charge in [0.25, 0.3) is 0 Å². The van der Waals surface area contributed by atoms with Crippen molar-refractivity contribution in [1.82, 2.24) is 0 Å². The molecule has 0 amide bonds. The van der Waals surface area contributed by atoms with Crippen molar-refractivity contribution in [3.8, 4) is 17.2 Å². The lowest BCUT2D eigenvalue weighted by molar-refractivity contribution is 0.173. The summed E-state index contributed by atoms with van der Waals surface area (Å²) in [4.78, 5) is 0. The average Bonchev–Trinajstić information content (AvgIpc) is 2.95. The molecule has 1 aliphatic rings. The second-order valence-electron chi connectivity index (χ2n) is 4.35. The van der Waals surface area contributed by atoms with Gasteiger partial charge in [-0.25, -0.2) is 0 Å². The smallest absolute Gasteiger partial charge is 0.231 e. The predicted molar refractivity (Wildman–Crippen MR) is 80.6 cm³/mol. The van der Waals surface area contributed by atoms with Gasteiger partial charge in [-0.05, 0) is 34.1 Å². The van der Waals surface area contributed by atoms with Crippen LogP contribution in [0.3, 0.4) is 0 Å². The molecule has 0 fully saturated rings. The first kappa shape index (κ1) is 13.1. The van der Waals surface area contributed by atoms with Crippen molar-refractivity contribution in [3.05, 3.63) is 46.4 Å². The van der Waals surface area contributed by atoms with Gasteiger partial charge in [0.05, 0.1) is 11.6 Å². The molecule has 0 saturated carbocycles. The summed E-state index contributed by atoms with van der Waals surface area (Å²) in [5.41, 5.74) is 2.06. The molecule has 1 N–H and O–H groups in total. The van der Waals surface area contributed by atoms with Gasteiger partial charge >= 0.3 is 0 Å². The number of nitrogens with one attached hydrogen (secondary N) is 1. The molecule has 1 aliphatic heterocycles. The van der Waals surface area contributed by atoms with Gasteiger partial charge in [-0.2, -0.15) is 0 Å². The number of methoxy groups -OCH3 is 1. The Balaban J connectivity index is 1.75. The molecule has 2 aromatic rings. The van der Waals surface area contributed by atoms with Crippen LogP contribution in [0.15, 0.2) is 40.9 Å². The summed E-state index contributed by atoms with van der Waals surface area (Å²) in [6, 6.07) is 11.8. The largest absolute Gasteiger partial charge is 0.495 e. The van der Waals surface area contributed by atoms with Gasteiger partial charge < -0.3 is 19.5 Å². The second kappa shape index (κ2) is 5.63. The van der Waals surface area contributed by atoms with Crippen LogP contribution in [0.2, 0.25) is 0 Å².